The van der Waals surface area contributed by atoms with Crippen LogP contribution in [0.15, 0.2) is 30.7 Å². The Bertz CT molecular complexity index is 607. The second-order valence-corrected chi connectivity index (χ2v) is 4.32. The van der Waals surface area contributed by atoms with E-state index in [1.165, 1.54) is 7.11 Å². The zero-order chi connectivity index (χ0) is 14.5. The van der Waals surface area contributed by atoms with Crippen molar-refractivity contribution in [2.75, 3.05) is 18.2 Å². The first-order chi connectivity index (χ1) is 9.65. The van der Waals surface area contributed by atoms with Crippen LogP contribution < -0.4 is 11.1 Å². The number of aromatic nitrogens is 2. The number of nitrogen functional groups attached to an aromatic ring is 1. The Labute approximate surface area is 117 Å². The zero-order valence-corrected chi connectivity index (χ0v) is 11.6. The number of nitrogens with zero attached hydrogens (tertiary/aromatic N) is 2. The Morgan fingerprint density at radius 2 is 2.30 bits per heavy atom. The van der Waals surface area contributed by atoms with Gasteiger partial charge in [-0.05, 0) is 25.1 Å². The molecule has 0 aliphatic rings. The number of anilines is 2. The molecule has 0 aliphatic carbocycles. The molecule has 0 fully saturated rings. The van der Waals surface area contributed by atoms with E-state index in [-0.39, 0.29) is 5.97 Å². The average Bonchev–Trinajstić information content (AvgIpc) is 2.93. The van der Waals surface area contributed by atoms with Crippen LogP contribution in [-0.4, -0.2) is 22.6 Å². The highest BCUT2D eigenvalue weighted by Crippen LogP contribution is 2.21. The van der Waals surface area contributed by atoms with Crippen LogP contribution in [-0.2, 0) is 17.8 Å². The second kappa shape index (κ2) is 6.10. The van der Waals surface area contributed by atoms with Gasteiger partial charge in [-0.15, -0.1) is 0 Å². The summed E-state index contributed by atoms with van der Waals surface area (Å²) in [7, 11) is 1.35. The number of carbonyl (C=O) groups is 1. The number of imidazole rings is 1. The number of methoxy groups -OCH3 is 1. The molecule has 1 aromatic carbocycles. The van der Waals surface area contributed by atoms with E-state index in [1.54, 1.807) is 30.7 Å². The molecule has 0 bridgehead atoms. The maximum atomic E-state index is 11.5. The number of carbonyl (C=O) groups excluding carboxylic acids is 1. The molecule has 3 N–H and O–H groups in total. The van der Waals surface area contributed by atoms with E-state index < -0.39 is 0 Å². The van der Waals surface area contributed by atoms with Gasteiger partial charge < -0.3 is 20.4 Å². The molecule has 0 atom stereocenters. The van der Waals surface area contributed by atoms with Crippen LogP contribution in [0.3, 0.4) is 0 Å². The highest BCUT2D eigenvalue weighted by molar-refractivity contribution is 5.91. The summed E-state index contributed by atoms with van der Waals surface area (Å²) < 4.78 is 6.73. The van der Waals surface area contributed by atoms with Crippen molar-refractivity contribution in [3.63, 3.8) is 0 Å². The van der Waals surface area contributed by atoms with Gasteiger partial charge in [-0.25, -0.2) is 9.78 Å². The van der Waals surface area contributed by atoms with E-state index in [2.05, 4.69) is 17.2 Å². The summed E-state index contributed by atoms with van der Waals surface area (Å²) in [6, 6.07) is 5.02. The molecular weight excluding hydrogens is 256 g/mol. The highest BCUT2D eigenvalue weighted by atomic mass is 16.5. The predicted molar refractivity (Wildman–Crippen MR) is 77.4 cm³/mol. The maximum Gasteiger partial charge on any atom is 0.337 e. The third kappa shape index (κ3) is 2.90. The molecule has 1 heterocycles. The van der Waals surface area contributed by atoms with Crippen molar-refractivity contribution in [1.82, 2.24) is 9.55 Å². The third-order valence-corrected chi connectivity index (χ3v) is 3.07. The Morgan fingerprint density at radius 3 is 3.00 bits per heavy atom. The van der Waals surface area contributed by atoms with Gasteiger partial charge in [0.05, 0.1) is 42.6 Å². The molecule has 2 aromatic rings. The number of benzene rings is 1. The molecule has 0 saturated heterocycles. The van der Waals surface area contributed by atoms with E-state index in [9.17, 15) is 4.79 Å². The van der Waals surface area contributed by atoms with E-state index >= 15 is 0 Å². The van der Waals surface area contributed by atoms with Crippen LogP contribution in [0.4, 0.5) is 11.4 Å². The predicted octanol–water partition coefficient (Wildman–Crippen LogP) is 1.88. The molecule has 6 heteroatoms. The van der Waals surface area contributed by atoms with Crippen molar-refractivity contribution < 1.29 is 9.53 Å². The average molecular weight is 274 g/mol. The third-order valence-electron chi connectivity index (χ3n) is 3.07. The van der Waals surface area contributed by atoms with E-state index in [4.69, 9.17) is 10.5 Å². The fourth-order valence-corrected chi connectivity index (χ4v) is 1.92. The van der Waals surface area contributed by atoms with Gasteiger partial charge in [0, 0.05) is 12.7 Å². The lowest BCUT2D eigenvalue weighted by Gasteiger charge is -2.11. The van der Waals surface area contributed by atoms with Crippen LogP contribution in [0.5, 0.6) is 0 Å². The van der Waals surface area contributed by atoms with Crippen molar-refractivity contribution in [1.29, 1.82) is 0 Å². The van der Waals surface area contributed by atoms with Crippen molar-refractivity contribution >= 4 is 17.3 Å². The fraction of sp³-hybridized carbons (Fsp3) is 0.286. The van der Waals surface area contributed by atoms with Crippen LogP contribution >= 0.6 is 0 Å². The molecule has 0 unspecified atom stereocenters. The molecule has 0 amide bonds. The number of nitrogens with two attached hydrogens (primary N) is 1. The number of aryl methyl sites for hydroxylation is 1. The number of hydrogen-bond donors (Lipinski definition) is 2. The fourth-order valence-electron chi connectivity index (χ4n) is 1.92. The van der Waals surface area contributed by atoms with E-state index in [1.807, 2.05) is 4.57 Å². The molecule has 0 aliphatic heterocycles. The summed E-state index contributed by atoms with van der Waals surface area (Å²) in [6.45, 7) is 3.49. The molecule has 0 saturated carbocycles. The molecule has 2 rings (SSSR count). The van der Waals surface area contributed by atoms with Crippen molar-refractivity contribution in [2.24, 2.45) is 0 Å². The van der Waals surface area contributed by atoms with Gasteiger partial charge in [0.2, 0.25) is 0 Å². The quantitative estimate of drug-likeness (QED) is 0.642. The van der Waals surface area contributed by atoms with E-state index in [0.29, 0.717) is 23.5 Å². The molecule has 106 valence electrons. The molecule has 0 radical (unpaired) electrons. The Morgan fingerprint density at radius 1 is 1.50 bits per heavy atom. The first kappa shape index (κ1) is 13.9. The summed E-state index contributed by atoms with van der Waals surface area (Å²) in [4.78, 5) is 15.6. The van der Waals surface area contributed by atoms with Gasteiger partial charge in [-0.3, -0.25) is 0 Å². The summed E-state index contributed by atoms with van der Waals surface area (Å²) >= 11 is 0. The molecule has 6 nitrogen and oxygen atoms in total. The second-order valence-electron chi connectivity index (χ2n) is 4.32. The van der Waals surface area contributed by atoms with Crippen LogP contribution in [0.25, 0.3) is 0 Å². The van der Waals surface area contributed by atoms with Gasteiger partial charge in [-0.2, -0.15) is 0 Å². The standard InChI is InChI=1S/C14H18N4O2/c1-3-18-9-16-7-11(18)8-17-13-6-10(14(19)20-2)4-5-12(13)15/h4-7,9,17H,3,8,15H2,1-2H3. The van der Waals surface area contributed by atoms with Crippen molar-refractivity contribution in [2.45, 2.75) is 20.0 Å². The van der Waals surface area contributed by atoms with Gasteiger partial charge >= 0.3 is 5.97 Å². The van der Waals surface area contributed by atoms with Gasteiger partial charge in [0.15, 0.2) is 0 Å². The Kier molecular flexibility index (Phi) is 4.24. The lowest BCUT2D eigenvalue weighted by Crippen LogP contribution is -2.09. The number of nitrogens with one attached hydrogen (secondary N) is 1. The van der Waals surface area contributed by atoms with Crippen LogP contribution in [0.1, 0.15) is 23.0 Å². The smallest absolute Gasteiger partial charge is 0.337 e. The minimum atomic E-state index is -0.383. The largest absolute Gasteiger partial charge is 0.465 e. The summed E-state index contributed by atoms with van der Waals surface area (Å²) in [5, 5.41) is 3.22. The SMILES string of the molecule is CCn1cncc1CNc1cc(C(=O)OC)ccc1N. The lowest BCUT2D eigenvalue weighted by atomic mass is 10.1. The summed E-state index contributed by atoms with van der Waals surface area (Å²) in [5.41, 5.74) is 8.71. The summed E-state index contributed by atoms with van der Waals surface area (Å²) in [5.74, 6) is -0.383. The van der Waals surface area contributed by atoms with Crippen LogP contribution in [0.2, 0.25) is 0 Å². The van der Waals surface area contributed by atoms with Crippen molar-refractivity contribution in [3.05, 3.63) is 42.0 Å². The minimum Gasteiger partial charge on any atom is -0.465 e. The van der Waals surface area contributed by atoms with E-state index in [0.717, 1.165) is 12.2 Å². The number of esters is 1. The zero-order valence-electron chi connectivity index (χ0n) is 11.6. The normalized spacial score (nSPS) is 10.3. The Hall–Kier alpha value is -2.50. The summed E-state index contributed by atoms with van der Waals surface area (Å²) in [6.07, 6.45) is 3.59. The number of ether oxygens (including phenoxy) is 1. The minimum absolute atomic E-state index is 0.383. The Balaban J connectivity index is 2.14. The molecule has 1 aromatic heterocycles. The van der Waals surface area contributed by atoms with Gasteiger partial charge in [-0.1, -0.05) is 0 Å². The first-order valence-corrected chi connectivity index (χ1v) is 6.36. The lowest BCUT2D eigenvalue weighted by molar-refractivity contribution is 0.0601. The van der Waals surface area contributed by atoms with Gasteiger partial charge in [0.25, 0.3) is 0 Å². The highest BCUT2D eigenvalue weighted by Gasteiger charge is 2.09. The maximum absolute atomic E-state index is 11.5. The molecule has 20 heavy (non-hydrogen) atoms. The first-order valence-electron chi connectivity index (χ1n) is 6.36. The monoisotopic (exact) mass is 274 g/mol. The topological polar surface area (TPSA) is 82.2 Å². The molecule has 0 spiro atoms. The number of hydrogen-bond acceptors (Lipinski definition) is 5. The number of rotatable bonds is 5. The van der Waals surface area contributed by atoms with Crippen molar-refractivity contribution in [3.8, 4) is 0 Å². The van der Waals surface area contributed by atoms with Crippen LogP contribution in [0, 0.1) is 0 Å². The van der Waals surface area contributed by atoms with Gasteiger partial charge in [0.1, 0.15) is 0 Å². The molecular formula is C14H18N4O2.